The van der Waals surface area contributed by atoms with Crippen LogP contribution in [0, 0.1) is 0 Å². The van der Waals surface area contributed by atoms with E-state index in [0.717, 1.165) is 92.9 Å². The lowest BCUT2D eigenvalue weighted by Gasteiger charge is -2.20. The van der Waals surface area contributed by atoms with Gasteiger partial charge in [0.2, 0.25) is 29.5 Å². The molecule has 5 amide bonds. The molecule has 0 radical (unpaired) electrons. The van der Waals surface area contributed by atoms with Crippen LogP contribution in [0.2, 0.25) is 0 Å². The number of Topliss-reactive ketones (excluding diaryl/α,β-unsaturated/α-hetero) is 1. The summed E-state index contributed by atoms with van der Waals surface area (Å²) < 4.78 is 9.49. The summed E-state index contributed by atoms with van der Waals surface area (Å²) in [6, 6.07) is -3.98. The van der Waals surface area contributed by atoms with Crippen molar-refractivity contribution in [3.05, 3.63) is 0 Å². The molecule has 0 saturated carbocycles. The summed E-state index contributed by atoms with van der Waals surface area (Å²) >= 11 is 0. The largest absolute Gasteiger partial charge is 0.468 e. The van der Waals surface area contributed by atoms with Crippen LogP contribution < -0.4 is 38.1 Å². The van der Waals surface area contributed by atoms with Crippen molar-refractivity contribution in [2.45, 2.75) is 148 Å². The Balaban J connectivity index is 5.31. The van der Waals surface area contributed by atoms with Crippen LogP contribution in [0.25, 0.3) is 0 Å². The van der Waals surface area contributed by atoms with E-state index in [0.29, 0.717) is 13.1 Å². The average Bonchev–Trinajstić information content (AvgIpc) is 3.19. The summed E-state index contributed by atoms with van der Waals surface area (Å²) in [6.07, 6.45) is 9.82. The number of nitrogens with two attached hydrogens (primary N) is 2. The number of methoxy groups -OCH3 is 1. The summed E-state index contributed by atoms with van der Waals surface area (Å²) in [5, 5.41) is 13.3. The highest BCUT2D eigenvalue weighted by molar-refractivity contribution is 8.76. The zero-order chi connectivity index (χ0) is 42.8. The SMILES string of the molecule is CCCCCCCNC(=O)C(N)CCC(=O)NC(CSSCC(NC(=O)CCC(N)C(=O)NCCCCCCC)C(=O)NCC(=O)OC)C(=O)CCC(=O)OCC. The lowest BCUT2D eigenvalue weighted by Crippen LogP contribution is -2.49. The third-order valence-electron chi connectivity index (χ3n) is 8.64. The van der Waals surface area contributed by atoms with Crippen LogP contribution >= 0.6 is 21.6 Å². The fourth-order valence-corrected chi connectivity index (χ4v) is 7.49. The quantitative estimate of drug-likeness (QED) is 0.0273. The fourth-order valence-electron chi connectivity index (χ4n) is 5.13. The van der Waals surface area contributed by atoms with Gasteiger partial charge in [-0.05, 0) is 32.6 Å². The van der Waals surface area contributed by atoms with Gasteiger partial charge in [0, 0.05) is 43.9 Å². The predicted molar refractivity (Wildman–Crippen MR) is 223 cm³/mol. The van der Waals surface area contributed by atoms with Crippen molar-refractivity contribution in [1.82, 2.24) is 26.6 Å². The number of esters is 2. The van der Waals surface area contributed by atoms with Crippen LogP contribution in [-0.4, -0.2) is 116 Å². The Morgan fingerprint density at radius 3 is 1.51 bits per heavy atom. The van der Waals surface area contributed by atoms with E-state index in [4.69, 9.17) is 16.2 Å². The summed E-state index contributed by atoms with van der Waals surface area (Å²) in [6.45, 7) is 6.60. The summed E-state index contributed by atoms with van der Waals surface area (Å²) in [7, 11) is 3.43. The van der Waals surface area contributed by atoms with E-state index in [1.54, 1.807) is 6.92 Å². The molecular weight excluding hydrogens is 779 g/mol. The van der Waals surface area contributed by atoms with Gasteiger partial charge in [-0.2, -0.15) is 0 Å². The Bertz CT molecular complexity index is 1230. The van der Waals surface area contributed by atoms with Crippen LogP contribution in [0.1, 0.15) is 124 Å². The van der Waals surface area contributed by atoms with Crippen molar-refractivity contribution in [2.24, 2.45) is 11.5 Å². The van der Waals surface area contributed by atoms with Crippen molar-refractivity contribution < 1.29 is 47.8 Å². The third-order valence-corrected chi connectivity index (χ3v) is 11.1. The zero-order valence-electron chi connectivity index (χ0n) is 34.4. The number of hydrogen-bond acceptors (Lipinski definition) is 14. The fraction of sp³-hybridized carbons (Fsp3) is 0.789. The maximum Gasteiger partial charge on any atom is 0.325 e. The van der Waals surface area contributed by atoms with E-state index in [-0.39, 0.29) is 68.5 Å². The predicted octanol–water partition coefficient (Wildman–Crippen LogP) is 1.93. The standard InChI is InChI=1S/C38H69N7O10S2/c1-5-8-10-12-14-22-41-36(51)27(39)16-19-32(47)44-29(31(46)18-21-34(49)55-7-3)25-56-57-26-30(38(53)43-24-35(50)54-4)45-33(48)20-17-28(40)37(52)42-23-15-13-11-9-6-2/h27-30H,5-26,39-40H2,1-4H3,(H,41,51)(H,42,52)(H,43,53)(H,44,47)(H,45,48). The molecule has 19 heteroatoms. The molecule has 0 aromatic heterocycles. The second-order valence-corrected chi connectivity index (χ2v) is 16.1. The Labute approximate surface area is 346 Å². The zero-order valence-corrected chi connectivity index (χ0v) is 36.1. The molecule has 0 aliphatic rings. The van der Waals surface area contributed by atoms with Gasteiger partial charge >= 0.3 is 11.9 Å². The van der Waals surface area contributed by atoms with Crippen LogP contribution in [0.15, 0.2) is 0 Å². The number of nitrogens with one attached hydrogen (secondary N) is 5. The molecule has 17 nitrogen and oxygen atoms in total. The number of amides is 5. The molecular formula is C38H69N7O10S2. The van der Waals surface area contributed by atoms with E-state index >= 15 is 0 Å². The first-order valence-corrected chi connectivity index (χ1v) is 22.7. The molecule has 0 heterocycles. The van der Waals surface area contributed by atoms with Crippen LogP contribution in [0.4, 0.5) is 0 Å². The molecule has 0 bridgehead atoms. The highest BCUT2D eigenvalue weighted by Crippen LogP contribution is 2.24. The molecule has 0 aliphatic heterocycles. The van der Waals surface area contributed by atoms with Gasteiger partial charge in [0.25, 0.3) is 0 Å². The van der Waals surface area contributed by atoms with Crippen molar-refractivity contribution in [1.29, 1.82) is 0 Å². The molecule has 4 atom stereocenters. The van der Waals surface area contributed by atoms with E-state index in [1.165, 1.54) is 0 Å². The Morgan fingerprint density at radius 2 is 1.04 bits per heavy atom. The normalized spacial score (nSPS) is 12.9. The monoisotopic (exact) mass is 847 g/mol. The number of hydrogen-bond donors (Lipinski definition) is 7. The molecule has 0 spiro atoms. The topological polar surface area (TPSA) is 267 Å². The number of rotatable bonds is 35. The first-order valence-electron chi connectivity index (χ1n) is 20.2. The lowest BCUT2D eigenvalue weighted by atomic mass is 10.1. The molecule has 0 rings (SSSR count). The van der Waals surface area contributed by atoms with Gasteiger partial charge in [0.1, 0.15) is 12.6 Å². The van der Waals surface area contributed by atoms with Gasteiger partial charge in [-0.3, -0.25) is 38.4 Å². The molecule has 0 aliphatic carbocycles. The Morgan fingerprint density at radius 1 is 0.561 bits per heavy atom. The summed E-state index contributed by atoms with van der Waals surface area (Å²) in [5.41, 5.74) is 12.0. The van der Waals surface area contributed by atoms with Gasteiger partial charge in [0.15, 0.2) is 5.78 Å². The first kappa shape index (κ1) is 53.6. The van der Waals surface area contributed by atoms with E-state index in [9.17, 15) is 38.4 Å². The van der Waals surface area contributed by atoms with Gasteiger partial charge in [-0.15, -0.1) is 0 Å². The third kappa shape index (κ3) is 28.6. The van der Waals surface area contributed by atoms with E-state index < -0.39 is 66.2 Å². The van der Waals surface area contributed by atoms with Crippen molar-refractivity contribution in [3.8, 4) is 0 Å². The molecule has 0 fully saturated rings. The van der Waals surface area contributed by atoms with Crippen LogP contribution in [0.3, 0.4) is 0 Å². The molecule has 4 unspecified atom stereocenters. The van der Waals surface area contributed by atoms with Crippen LogP contribution in [-0.2, 0) is 47.8 Å². The minimum absolute atomic E-state index is 0.00572. The molecule has 0 saturated heterocycles. The number of carbonyl (C=O) groups excluding carboxylic acids is 8. The molecule has 0 aromatic rings. The minimum Gasteiger partial charge on any atom is -0.468 e. The first-order chi connectivity index (χ1) is 27.3. The molecule has 9 N–H and O–H groups in total. The van der Waals surface area contributed by atoms with E-state index in [2.05, 4.69) is 45.2 Å². The second kappa shape index (κ2) is 34.6. The van der Waals surface area contributed by atoms with Gasteiger partial charge in [-0.25, -0.2) is 0 Å². The minimum atomic E-state index is -1.12. The molecule has 0 aromatic carbocycles. The maximum absolute atomic E-state index is 13.2. The van der Waals surface area contributed by atoms with Gasteiger partial charge in [0.05, 0.1) is 38.3 Å². The van der Waals surface area contributed by atoms with Crippen molar-refractivity contribution >= 4 is 68.8 Å². The van der Waals surface area contributed by atoms with Gasteiger partial charge in [-0.1, -0.05) is 86.8 Å². The molecule has 328 valence electrons. The van der Waals surface area contributed by atoms with E-state index in [1.807, 2.05) is 0 Å². The van der Waals surface area contributed by atoms with Gasteiger partial charge < -0.3 is 47.5 Å². The lowest BCUT2D eigenvalue weighted by molar-refractivity contribution is -0.144. The Hall–Kier alpha value is -3.42. The highest BCUT2D eigenvalue weighted by atomic mass is 33.1. The second-order valence-electron chi connectivity index (χ2n) is 13.6. The summed E-state index contributed by atoms with van der Waals surface area (Å²) in [5.74, 6) is -4.10. The average molecular weight is 848 g/mol. The number of unbranched alkanes of at least 4 members (excludes halogenated alkanes) is 8. The summed E-state index contributed by atoms with van der Waals surface area (Å²) in [4.78, 5) is 100. The number of carbonyl (C=O) groups is 8. The van der Waals surface area contributed by atoms with Crippen LogP contribution in [0.5, 0.6) is 0 Å². The highest BCUT2D eigenvalue weighted by Gasteiger charge is 2.26. The molecule has 57 heavy (non-hydrogen) atoms. The Kier molecular flexibility index (Phi) is 32.5. The van der Waals surface area contributed by atoms with Crippen molar-refractivity contribution in [2.75, 3.05) is 44.9 Å². The number of ketones is 1. The van der Waals surface area contributed by atoms with Crippen molar-refractivity contribution in [3.63, 3.8) is 0 Å². The number of ether oxygens (including phenoxy) is 2. The maximum atomic E-state index is 13.2. The smallest absolute Gasteiger partial charge is 0.325 e.